The number of ether oxygens (including phenoxy) is 2. The molecule has 1 aromatic heterocycles. The molecule has 1 aromatic carbocycles. The zero-order chi connectivity index (χ0) is 23.3. The van der Waals surface area contributed by atoms with Gasteiger partial charge in [-0.15, -0.1) is 0 Å². The van der Waals surface area contributed by atoms with Crippen LogP contribution in [-0.2, 0) is 9.53 Å². The number of benzene rings is 1. The molecule has 176 valence electrons. The summed E-state index contributed by atoms with van der Waals surface area (Å²) in [6.07, 6.45) is 7.04. The number of aromatic nitrogens is 2. The number of amides is 1. The van der Waals surface area contributed by atoms with Crippen molar-refractivity contribution in [3.63, 3.8) is 0 Å². The van der Waals surface area contributed by atoms with Crippen LogP contribution in [0.15, 0.2) is 52.7 Å². The number of carbonyl (C=O) groups excluding carboxylic acids is 1. The highest BCUT2D eigenvalue weighted by Crippen LogP contribution is 2.32. The van der Waals surface area contributed by atoms with E-state index in [1.165, 1.54) is 5.57 Å². The van der Waals surface area contributed by atoms with Gasteiger partial charge in [-0.05, 0) is 50.0 Å². The summed E-state index contributed by atoms with van der Waals surface area (Å²) >= 11 is 0. The molecule has 0 N–H and O–H groups in total. The zero-order valence-corrected chi connectivity index (χ0v) is 19.7. The number of hydrogen-bond acceptors (Lipinski definition) is 6. The third-order valence-electron chi connectivity index (χ3n) is 6.18. The van der Waals surface area contributed by atoms with Crippen molar-refractivity contribution in [3.05, 3.63) is 59.9 Å². The van der Waals surface area contributed by atoms with Crippen molar-refractivity contribution in [2.75, 3.05) is 47.0 Å². The van der Waals surface area contributed by atoms with Gasteiger partial charge in [0.2, 0.25) is 11.7 Å². The van der Waals surface area contributed by atoms with Gasteiger partial charge in [0.15, 0.2) is 6.61 Å². The monoisotopic (exact) mass is 453 g/mol. The zero-order valence-electron chi connectivity index (χ0n) is 19.7. The number of quaternary nitrogens is 1. The number of carbonyl (C=O) groups is 1. The second kappa shape index (κ2) is 10.3. The minimum absolute atomic E-state index is 0.00999. The fraction of sp³-hybridized carbons (Fsp3) is 0.480. The number of nitrogens with zero attached hydrogens (tertiary/aromatic N) is 4. The number of hydrogen-bond donors (Lipinski definition) is 0. The van der Waals surface area contributed by atoms with Crippen LogP contribution in [0.4, 0.5) is 0 Å². The molecule has 8 nitrogen and oxygen atoms in total. The average molecular weight is 454 g/mol. The Balaban J connectivity index is 1.49. The second-order valence-corrected chi connectivity index (χ2v) is 9.09. The van der Waals surface area contributed by atoms with Crippen LogP contribution in [0, 0.1) is 0 Å². The predicted octanol–water partition coefficient (Wildman–Crippen LogP) is 3.60. The highest BCUT2D eigenvalue weighted by atomic mass is 16.5. The van der Waals surface area contributed by atoms with E-state index in [4.69, 9.17) is 19.0 Å². The molecule has 0 radical (unpaired) electrons. The van der Waals surface area contributed by atoms with Gasteiger partial charge in [0.05, 0.1) is 19.2 Å². The molecule has 0 saturated carbocycles. The van der Waals surface area contributed by atoms with Gasteiger partial charge in [-0.1, -0.05) is 23.4 Å². The second-order valence-electron chi connectivity index (χ2n) is 9.09. The van der Waals surface area contributed by atoms with E-state index in [0.29, 0.717) is 30.6 Å². The van der Waals surface area contributed by atoms with E-state index in [0.717, 1.165) is 42.4 Å². The molecule has 2 atom stereocenters. The minimum Gasteiger partial charge on any atom is -0.484 e. The molecule has 1 saturated heterocycles. The lowest BCUT2D eigenvalue weighted by Crippen LogP contribution is -2.44. The van der Waals surface area contributed by atoms with Crippen molar-refractivity contribution in [3.8, 4) is 5.75 Å². The minimum atomic E-state index is -0.226. The first-order valence-corrected chi connectivity index (χ1v) is 11.5. The van der Waals surface area contributed by atoms with Gasteiger partial charge in [0, 0.05) is 13.7 Å². The van der Waals surface area contributed by atoms with Gasteiger partial charge in [0.1, 0.15) is 31.1 Å². The Morgan fingerprint density at radius 1 is 1.27 bits per heavy atom. The molecule has 2 aliphatic heterocycles. The Morgan fingerprint density at radius 2 is 2.09 bits per heavy atom. The molecular weight excluding hydrogens is 420 g/mol. The van der Waals surface area contributed by atoms with Crippen LogP contribution < -0.4 is 4.74 Å². The van der Waals surface area contributed by atoms with E-state index in [2.05, 4.69) is 31.4 Å². The molecular formula is C25H33N4O4+. The number of piperidine rings is 1. The SMILES string of the molecule is COCC[N@+]1(C)C=C(c2noc(C3CCCCN3C(=O)COc3ccccc3)n2)C=C(C)C1. The van der Waals surface area contributed by atoms with Crippen LogP contribution in [0.2, 0.25) is 0 Å². The maximum Gasteiger partial charge on any atom is 0.261 e. The van der Waals surface area contributed by atoms with Crippen molar-refractivity contribution < 1.29 is 23.3 Å². The van der Waals surface area contributed by atoms with Gasteiger partial charge >= 0.3 is 0 Å². The van der Waals surface area contributed by atoms with Gasteiger partial charge in [-0.25, -0.2) is 0 Å². The van der Waals surface area contributed by atoms with E-state index in [9.17, 15) is 4.79 Å². The summed E-state index contributed by atoms with van der Waals surface area (Å²) in [5.74, 6) is 1.66. The van der Waals surface area contributed by atoms with E-state index in [1.54, 1.807) is 7.11 Å². The molecule has 2 aromatic rings. The van der Waals surface area contributed by atoms with Crippen LogP contribution >= 0.6 is 0 Å². The Bertz CT molecular complexity index is 1020. The molecule has 1 fully saturated rings. The Labute approximate surface area is 195 Å². The Kier molecular flexibility index (Phi) is 7.25. The number of likely N-dealkylation sites (N-methyl/N-ethyl adjacent to an activating group) is 1. The first-order valence-electron chi connectivity index (χ1n) is 11.5. The molecule has 1 amide bonds. The van der Waals surface area contributed by atoms with Gasteiger partial charge in [-0.2, -0.15) is 4.98 Å². The first kappa shape index (κ1) is 23.2. The molecule has 4 rings (SSSR count). The maximum absolute atomic E-state index is 13.0. The number of allylic oxidation sites excluding steroid dienone is 2. The molecule has 33 heavy (non-hydrogen) atoms. The summed E-state index contributed by atoms with van der Waals surface area (Å²) in [6, 6.07) is 9.15. The van der Waals surface area contributed by atoms with Crippen LogP contribution in [0.3, 0.4) is 0 Å². The maximum atomic E-state index is 13.0. The first-order chi connectivity index (χ1) is 16.0. The van der Waals surface area contributed by atoms with E-state index in [-0.39, 0.29) is 18.6 Å². The Morgan fingerprint density at radius 3 is 2.88 bits per heavy atom. The highest BCUT2D eigenvalue weighted by Gasteiger charge is 2.33. The van der Waals surface area contributed by atoms with Crippen molar-refractivity contribution in [2.24, 2.45) is 0 Å². The molecule has 0 bridgehead atoms. The van der Waals surface area contributed by atoms with Crippen molar-refractivity contribution in [2.45, 2.75) is 32.2 Å². The number of methoxy groups -OCH3 is 1. The third kappa shape index (κ3) is 5.69. The number of likely N-dealkylation sites (tertiary alicyclic amines) is 1. The lowest BCUT2D eigenvalue weighted by molar-refractivity contribution is -0.855. The molecule has 2 aliphatic rings. The molecule has 1 unspecified atom stereocenters. The van der Waals surface area contributed by atoms with Gasteiger partial charge in [0.25, 0.3) is 5.91 Å². The van der Waals surface area contributed by atoms with E-state index in [1.807, 2.05) is 35.2 Å². The largest absolute Gasteiger partial charge is 0.484 e. The normalized spacial score (nSPS) is 23.1. The average Bonchev–Trinajstić information content (AvgIpc) is 3.32. The highest BCUT2D eigenvalue weighted by molar-refractivity contribution is 5.78. The number of rotatable bonds is 8. The van der Waals surface area contributed by atoms with E-state index < -0.39 is 0 Å². The fourth-order valence-electron chi connectivity index (χ4n) is 4.58. The predicted molar refractivity (Wildman–Crippen MR) is 124 cm³/mol. The van der Waals surface area contributed by atoms with Crippen LogP contribution in [0.25, 0.3) is 5.57 Å². The summed E-state index contributed by atoms with van der Waals surface area (Å²) < 4.78 is 17.4. The fourth-order valence-corrected chi connectivity index (χ4v) is 4.58. The standard InChI is InChI=1S/C25H33N4O4/c1-19-15-20(17-29(2,16-19)13-14-31-3)24-26-25(33-27-24)22-11-7-8-12-28(22)23(30)18-32-21-9-5-4-6-10-21/h4-6,9-10,15,17,22H,7-8,11-14,16,18H2,1-3H3/q+1/t22?,29-/m0/s1. The summed E-state index contributed by atoms with van der Waals surface area (Å²) in [5.41, 5.74) is 2.19. The molecule has 0 spiro atoms. The van der Waals surface area contributed by atoms with Crippen molar-refractivity contribution in [1.29, 1.82) is 0 Å². The molecule has 8 heteroatoms. The summed E-state index contributed by atoms with van der Waals surface area (Å²) in [4.78, 5) is 19.5. The van der Waals surface area contributed by atoms with Crippen molar-refractivity contribution in [1.82, 2.24) is 15.0 Å². The lowest BCUT2D eigenvalue weighted by atomic mass is 10.0. The van der Waals surface area contributed by atoms with Crippen molar-refractivity contribution >= 4 is 11.5 Å². The number of para-hydroxylation sites is 1. The quantitative estimate of drug-likeness (QED) is 0.569. The topological polar surface area (TPSA) is 77.7 Å². The lowest BCUT2D eigenvalue weighted by Gasteiger charge is -2.33. The molecule has 0 aliphatic carbocycles. The Hall–Kier alpha value is -2.97. The smallest absolute Gasteiger partial charge is 0.261 e. The summed E-state index contributed by atoms with van der Waals surface area (Å²) in [5, 5.41) is 4.27. The van der Waals surface area contributed by atoms with Crippen LogP contribution in [0.1, 0.15) is 43.9 Å². The van der Waals surface area contributed by atoms with Gasteiger partial charge < -0.3 is 18.9 Å². The van der Waals surface area contributed by atoms with Gasteiger partial charge in [-0.3, -0.25) is 9.28 Å². The summed E-state index contributed by atoms with van der Waals surface area (Å²) in [7, 11) is 3.89. The summed E-state index contributed by atoms with van der Waals surface area (Å²) in [6.45, 7) is 5.23. The molecule has 3 heterocycles. The van der Waals surface area contributed by atoms with Crippen LogP contribution in [-0.4, -0.2) is 72.4 Å². The third-order valence-corrected chi connectivity index (χ3v) is 6.18. The van der Waals surface area contributed by atoms with Crippen LogP contribution in [0.5, 0.6) is 5.75 Å². The van der Waals surface area contributed by atoms with E-state index >= 15 is 0 Å².